The van der Waals surface area contributed by atoms with Gasteiger partial charge in [0, 0.05) is 19.0 Å². The van der Waals surface area contributed by atoms with Crippen LogP contribution in [-0.2, 0) is 9.53 Å². The second-order valence-electron chi connectivity index (χ2n) is 7.51. The van der Waals surface area contributed by atoms with E-state index in [4.69, 9.17) is 14.2 Å². The number of halogens is 1. The van der Waals surface area contributed by atoms with Crippen LogP contribution in [0.3, 0.4) is 0 Å². The summed E-state index contributed by atoms with van der Waals surface area (Å²) in [5, 5.41) is 3.26. The van der Waals surface area contributed by atoms with Crippen LogP contribution in [-0.4, -0.2) is 53.5 Å². The Labute approximate surface area is 174 Å². The molecule has 0 saturated heterocycles. The van der Waals surface area contributed by atoms with Gasteiger partial charge in [-0.2, -0.15) is 0 Å². The predicted octanol–water partition coefficient (Wildman–Crippen LogP) is 3.66. The van der Waals surface area contributed by atoms with Crippen molar-refractivity contribution < 1.29 is 23.4 Å². The summed E-state index contributed by atoms with van der Waals surface area (Å²) in [4.78, 5) is 19.7. The standard InChI is InChI=1S/C20H28FN3O4S/c1-12(21)10-27-20-24-17-9-22-19(8-18(17)29-20)28-16-6-4-15(5-7-16)26-11-13(2)23-14(3)25/h8-9,12-13,15-16H,4-7,10-11H2,1-3H3,(H,23,25)/t12-,13+,15-,16-/m1/s1. The molecule has 1 saturated carbocycles. The van der Waals surface area contributed by atoms with Gasteiger partial charge in [-0.3, -0.25) is 4.79 Å². The first-order chi connectivity index (χ1) is 13.9. The van der Waals surface area contributed by atoms with E-state index in [1.807, 2.05) is 13.0 Å². The predicted molar refractivity (Wildman–Crippen MR) is 109 cm³/mol. The Kier molecular flexibility index (Phi) is 7.60. The molecule has 2 atom stereocenters. The molecule has 7 nitrogen and oxygen atoms in total. The number of carbonyl (C=O) groups is 1. The number of carbonyl (C=O) groups excluding carboxylic acids is 1. The minimum atomic E-state index is -1.04. The normalized spacial score (nSPS) is 21.5. The van der Waals surface area contributed by atoms with Crippen molar-refractivity contribution in [1.29, 1.82) is 0 Å². The quantitative estimate of drug-likeness (QED) is 0.660. The fraction of sp³-hybridized carbons (Fsp3) is 0.650. The summed E-state index contributed by atoms with van der Waals surface area (Å²) < 4.78 is 31.1. The van der Waals surface area contributed by atoms with Crippen molar-refractivity contribution in [2.45, 2.75) is 70.9 Å². The number of pyridine rings is 1. The average Bonchev–Trinajstić information content (AvgIpc) is 3.07. The number of hydrogen-bond donors (Lipinski definition) is 1. The number of aromatic nitrogens is 2. The lowest BCUT2D eigenvalue weighted by Gasteiger charge is -2.29. The van der Waals surface area contributed by atoms with Crippen molar-refractivity contribution in [3.05, 3.63) is 12.3 Å². The fourth-order valence-electron chi connectivity index (χ4n) is 3.26. The maximum atomic E-state index is 12.9. The van der Waals surface area contributed by atoms with Crippen molar-refractivity contribution in [3.63, 3.8) is 0 Å². The van der Waals surface area contributed by atoms with E-state index in [0.717, 1.165) is 30.4 Å². The maximum absolute atomic E-state index is 12.9. The number of thiazole rings is 1. The third-order valence-corrected chi connectivity index (χ3v) is 5.54. The lowest BCUT2D eigenvalue weighted by Crippen LogP contribution is -2.36. The van der Waals surface area contributed by atoms with E-state index in [1.165, 1.54) is 25.2 Å². The molecule has 1 aliphatic carbocycles. The molecule has 1 aliphatic rings. The van der Waals surface area contributed by atoms with Crippen LogP contribution in [0.25, 0.3) is 10.2 Å². The molecule has 0 aliphatic heterocycles. The van der Waals surface area contributed by atoms with Gasteiger partial charge in [-0.1, -0.05) is 11.3 Å². The molecule has 0 unspecified atom stereocenters. The first kappa shape index (κ1) is 21.7. The van der Waals surface area contributed by atoms with Crippen LogP contribution in [0.4, 0.5) is 4.39 Å². The minimum Gasteiger partial charge on any atom is -0.474 e. The van der Waals surface area contributed by atoms with Crippen molar-refractivity contribution >= 4 is 27.5 Å². The summed E-state index contributed by atoms with van der Waals surface area (Å²) in [6.07, 6.45) is 4.54. The number of hydrogen-bond acceptors (Lipinski definition) is 7. The van der Waals surface area contributed by atoms with E-state index < -0.39 is 6.17 Å². The number of alkyl halides is 1. The summed E-state index contributed by atoms with van der Waals surface area (Å²) in [5.74, 6) is 0.523. The number of rotatable bonds is 9. The highest BCUT2D eigenvalue weighted by Crippen LogP contribution is 2.31. The monoisotopic (exact) mass is 425 g/mol. The Morgan fingerprint density at radius 3 is 2.69 bits per heavy atom. The lowest BCUT2D eigenvalue weighted by molar-refractivity contribution is -0.120. The van der Waals surface area contributed by atoms with Crippen molar-refractivity contribution in [1.82, 2.24) is 15.3 Å². The molecule has 2 aromatic heterocycles. The Balaban J connectivity index is 1.46. The molecular formula is C20H28FN3O4S. The van der Waals surface area contributed by atoms with Crippen LogP contribution in [0.5, 0.6) is 11.1 Å². The van der Waals surface area contributed by atoms with Crippen molar-refractivity contribution in [2.75, 3.05) is 13.2 Å². The van der Waals surface area contributed by atoms with Crippen LogP contribution >= 0.6 is 11.3 Å². The zero-order valence-corrected chi connectivity index (χ0v) is 17.8. The first-order valence-corrected chi connectivity index (χ1v) is 10.8. The van der Waals surface area contributed by atoms with E-state index >= 15 is 0 Å². The van der Waals surface area contributed by atoms with Gasteiger partial charge in [0.1, 0.15) is 24.4 Å². The highest BCUT2D eigenvalue weighted by Gasteiger charge is 2.24. The van der Waals surface area contributed by atoms with E-state index in [0.29, 0.717) is 23.2 Å². The molecular weight excluding hydrogens is 397 g/mol. The van der Waals surface area contributed by atoms with Gasteiger partial charge in [0.2, 0.25) is 11.8 Å². The average molecular weight is 426 g/mol. The molecule has 2 aromatic rings. The summed E-state index contributed by atoms with van der Waals surface area (Å²) in [5.41, 5.74) is 0.717. The van der Waals surface area contributed by atoms with Gasteiger partial charge in [-0.05, 0) is 39.5 Å². The molecule has 1 fully saturated rings. The molecule has 3 rings (SSSR count). The van der Waals surface area contributed by atoms with Gasteiger partial charge < -0.3 is 19.5 Å². The molecule has 29 heavy (non-hydrogen) atoms. The Bertz CT molecular complexity index is 808. The Morgan fingerprint density at radius 2 is 2.00 bits per heavy atom. The van der Waals surface area contributed by atoms with Crippen LogP contribution < -0.4 is 14.8 Å². The number of amides is 1. The molecule has 1 N–H and O–H groups in total. The SMILES string of the molecule is CC(=O)N[C@@H](C)CO[C@H]1CC[C@H](Oc2cc3sc(OC[C@@H](C)F)nc3cn2)CC1. The molecule has 160 valence electrons. The lowest BCUT2D eigenvalue weighted by atomic mass is 9.95. The third kappa shape index (κ3) is 6.78. The van der Waals surface area contributed by atoms with Crippen LogP contribution in [0.1, 0.15) is 46.5 Å². The summed E-state index contributed by atoms with van der Waals surface area (Å²) >= 11 is 1.36. The van der Waals surface area contributed by atoms with Gasteiger partial charge >= 0.3 is 0 Å². The minimum absolute atomic E-state index is 0.00842. The zero-order valence-electron chi connectivity index (χ0n) is 17.0. The number of ether oxygens (including phenoxy) is 3. The smallest absolute Gasteiger partial charge is 0.274 e. The largest absolute Gasteiger partial charge is 0.474 e. The van der Waals surface area contributed by atoms with Gasteiger partial charge in [-0.15, -0.1) is 0 Å². The molecule has 9 heteroatoms. The highest BCUT2D eigenvalue weighted by atomic mass is 32.1. The van der Waals surface area contributed by atoms with Crippen LogP contribution in [0, 0.1) is 0 Å². The van der Waals surface area contributed by atoms with E-state index in [2.05, 4.69) is 15.3 Å². The summed E-state index contributed by atoms with van der Waals surface area (Å²) in [6.45, 7) is 5.40. The molecule has 0 radical (unpaired) electrons. The number of fused-ring (bicyclic) bond motifs is 1. The number of nitrogens with one attached hydrogen (secondary N) is 1. The highest BCUT2D eigenvalue weighted by molar-refractivity contribution is 7.20. The molecule has 0 spiro atoms. The van der Waals surface area contributed by atoms with Gasteiger partial charge in [0.25, 0.3) is 5.19 Å². The third-order valence-electron chi connectivity index (χ3n) is 4.61. The van der Waals surface area contributed by atoms with Gasteiger partial charge in [-0.25, -0.2) is 14.4 Å². The second kappa shape index (κ2) is 10.2. The number of nitrogens with zero attached hydrogens (tertiary/aromatic N) is 2. The molecule has 2 heterocycles. The topological polar surface area (TPSA) is 82.6 Å². The fourth-order valence-corrected chi connectivity index (χ4v) is 4.08. The van der Waals surface area contributed by atoms with Crippen molar-refractivity contribution in [3.8, 4) is 11.1 Å². The molecule has 0 aromatic carbocycles. The first-order valence-electron chi connectivity index (χ1n) is 9.98. The van der Waals surface area contributed by atoms with Crippen molar-refractivity contribution in [2.24, 2.45) is 0 Å². The molecule has 1 amide bonds. The summed E-state index contributed by atoms with van der Waals surface area (Å²) in [7, 11) is 0. The van der Waals surface area contributed by atoms with Crippen LogP contribution in [0.2, 0.25) is 0 Å². The van der Waals surface area contributed by atoms with E-state index in [-0.39, 0.29) is 30.8 Å². The Hall–Kier alpha value is -2.00. The zero-order chi connectivity index (χ0) is 20.8. The van der Waals surface area contributed by atoms with Gasteiger partial charge in [0.15, 0.2) is 0 Å². The van der Waals surface area contributed by atoms with E-state index in [9.17, 15) is 9.18 Å². The van der Waals surface area contributed by atoms with Gasteiger partial charge in [0.05, 0.1) is 23.6 Å². The Morgan fingerprint density at radius 1 is 1.28 bits per heavy atom. The molecule has 0 bridgehead atoms. The van der Waals surface area contributed by atoms with E-state index in [1.54, 1.807) is 6.20 Å². The van der Waals surface area contributed by atoms with Crippen LogP contribution in [0.15, 0.2) is 12.3 Å². The maximum Gasteiger partial charge on any atom is 0.274 e. The summed E-state index contributed by atoms with van der Waals surface area (Å²) in [6, 6.07) is 1.87. The second-order valence-corrected chi connectivity index (χ2v) is 8.51.